The number of piperidine rings is 1. The highest BCUT2D eigenvalue weighted by atomic mass is 32.2. The number of likely N-dealkylation sites (tertiary alicyclic amines) is 1. The lowest BCUT2D eigenvalue weighted by molar-refractivity contribution is -0.122. The summed E-state index contributed by atoms with van der Waals surface area (Å²) in [6, 6.07) is 5.94. The van der Waals surface area contributed by atoms with Gasteiger partial charge in [-0.2, -0.15) is 4.31 Å². The molecule has 29 heavy (non-hydrogen) atoms. The van der Waals surface area contributed by atoms with Crippen LogP contribution in [0, 0.1) is 5.92 Å². The van der Waals surface area contributed by atoms with Gasteiger partial charge in [0.1, 0.15) is 0 Å². The standard InChI is InChI=1S/C19H25N3O6S/c23-17-13-22(10-7-20-17)29(25,26)16-3-1-14(2-4-16)18(24)21-8-5-15(6-9-21)19-27-11-12-28-19/h1-4,15,19H,5-13H2,(H,20,23). The van der Waals surface area contributed by atoms with Gasteiger partial charge in [-0.05, 0) is 37.1 Å². The molecule has 0 aromatic heterocycles. The monoisotopic (exact) mass is 423 g/mol. The molecule has 158 valence electrons. The van der Waals surface area contributed by atoms with Gasteiger partial charge in [-0.15, -0.1) is 0 Å². The number of amides is 2. The zero-order valence-electron chi connectivity index (χ0n) is 16.1. The quantitative estimate of drug-likeness (QED) is 0.733. The molecule has 0 bridgehead atoms. The van der Waals surface area contributed by atoms with Gasteiger partial charge in [-0.3, -0.25) is 9.59 Å². The van der Waals surface area contributed by atoms with Gasteiger partial charge in [0.25, 0.3) is 5.91 Å². The van der Waals surface area contributed by atoms with Crippen LogP contribution in [0.4, 0.5) is 0 Å². The Balaban J connectivity index is 1.38. The van der Waals surface area contributed by atoms with Gasteiger partial charge < -0.3 is 19.7 Å². The molecule has 0 spiro atoms. The van der Waals surface area contributed by atoms with Crippen molar-refractivity contribution in [1.82, 2.24) is 14.5 Å². The van der Waals surface area contributed by atoms with Gasteiger partial charge in [0.05, 0.1) is 24.7 Å². The Morgan fingerprint density at radius 3 is 2.31 bits per heavy atom. The predicted octanol–water partition coefficient (Wildman–Crippen LogP) is 0.0322. The van der Waals surface area contributed by atoms with E-state index in [4.69, 9.17) is 9.47 Å². The van der Waals surface area contributed by atoms with Crippen LogP contribution in [0.15, 0.2) is 29.2 Å². The summed E-state index contributed by atoms with van der Waals surface area (Å²) in [6.45, 7) is 2.83. The van der Waals surface area contributed by atoms with Crippen LogP contribution in [0.2, 0.25) is 0 Å². The Labute approximate surface area is 170 Å². The molecule has 1 aromatic carbocycles. The van der Waals surface area contributed by atoms with E-state index in [1.165, 1.54) is 24.3 Å². The molecule has 10 heteroatoms. The van der Waals surface area contributed by atoms with Crippen LogP contribution >= 0.6 is 0 Å². The van der Waals surface area contributed by atoms with Crippen LogP contribution in [0.1, 0.15) is 23.2 Å². The van der Waals surface area contributed by atoms with Crippen LogP contribution < -0.4 is 5.32 Å². The third-order valence-corrected chi connectivity index (χ3v) is 7.46. The molecule has 1 aromatic rings. The largest absolute Gasteiger partial charge is 0.354 e. The number of hydrogen-bond acceptors (Lipinski definition) is 6. The van der Waals surface area contributed by atoms with E-state index in [9.17, 15) is 18.0 Å². The van der Waals surface area contributed by atoms with Crippen LogP contribution in [0.25, 0.3) is 0 Å². The van der Waals surface area contributed by atoms with Crippen molar-refractivity contribution >= 4 is 21.8 Å². The topological polar surface area (TPSA) is 105 Å². The van der Waals surface area contributed by atoms with E-state index in [1.807, 2.05) is 0 Å². The summed E-state index contributed by atoms with van der Waals surface area (Å²) in [6.07, 6.45) is 1.48. The third-order valence-electron chi connectivity index (χ3n) is 5.60. The first kappa shape index (κ1) is 20.3. The number of ether oxygens (including phenoxy) is 2. The molecule has 0 radical (unpaired) electrons. The summed E-state index contributed by atoms with van der Waals surface area (Å²) in [7, 11) is -3.76. The van der Waals surface area contributed by atoms with Crippen LogP contribution in [0.5, 0.6) is 0 Å². The van der Waals surface area contributed by atoms with E-state index in [0.29, 0.717) is 44.3 Å². The van der Waals surface area contributed by atoms with Gasteiger partial charge >= 0.3 is 0 Å². The van der Waals surface area contributed by atoms with Gasteiger partial charge in [-0.25, -0.2) is 8.42 Å². The molecule has 9 nitrogen and oxygen atoms in total. The normalized spacial score (nSPS) is 22.6. The molecule has 0 unspecified atom stereocenters. The Kier molecular flexibility index (Phi) is 5.86. The van der Waals surface area contributed by atoms with Crippen molar-refractivity contribution in [3.63, 3.8) is 0 Å². The summed E-state index contributed by atoms with van der Waals surface area (Å²) in [4.78, 5) is 26.1. The van der Waals surface area contributed by atoms with Crippen LogP contribution in [-0.2, 0) is 24.3 Å². The second kappa shape index (κ2) is 8.39. The zero-order valence-corrected chi connectivity index (χ0v) is 16.9. The first-order valence-corrected chi connectivity index (χ1v) is 11.3. The lowest BCUT2D eigenvalue weighted by Crippen LogP contribution is -2.49. The number of piperazine rings is 1. The summed E-state index contributed by atoms with van der Waals surface area (Å²) in [5.41, 5.74) is 0.451. The predicted molar refractivity (Wildman–Crippen MR) is 103 cm³/mol. The van der Waals surface area contributed by atoms with Gasteiger partial charge in [-0.1, -0.05) is 0 Å². The summed E-state index contributed by atoms with van der Waals surface area (Å²) >= 11 is 0. The van der Waals surface area contributed by atoms with Crippen molar-refractivity contribution in [3.05, 3.63) is 29.8 Å². The van der Waals surface area contributed by atoms with Crippen molar-refractivity contribution < 1.29 is 27.5 Å². The molecule has 0 atom stereocenters. The minimum atomic E-state index is -3.76. The molecular weight excluding hydrogens is 398 g/mol. The fourth-order valence-corrected chi connectivity index (χ4v) is 5.34. The highest BCUT2D eigenvalue weighted by Gasteiger charge is 2.33. The lowest BCUT2D eigenvalue weighted by Gasteiger charge is -2.34. The number of benzene rings is 1. The number of hydrogen-bond donors (Lipinski definition) is 1. The molecule has 4 rings (SSSR count). The maximum atomic E-state index is 12.8. The molecule has 3 aliphatic rings. The third kappa shape index (κ3) is 4.30. The Morgan fingerprint density at radius 1 is 1.03 bits per heavy atom. The van der Waals surface area contributed by atoms with Crippen molar-refractivity contribution in [1.29, 1.82) is 0 Å². The molecular formula is C19H25N3O6S. The number of nitrogens with one attached hydrogen (secondary N) is 1. The highest BCUT2D eigenvalue weighted by Crippen LogP contribution is 2.27. The van der Waals surface area contributed by atoms with E-state index < -0.39 is 10.0 Å². The van der Waals surface area contributed by atoms with Gasteiger partial charge in [0.15, 0.2) is 6.29 Å². The Hall–Kier alpha value is -2.01. The second-order valence-corrected chi connectivity index (χ2v) is 9.39. The first-order valence-electron chi connectivity index (χ1n) is 9.84. The highest BCUT2D eigenvalue weighted by molar-refractivity contribution is 7.89. The SMILES string of the molecule is O=C1CN(S(=O)(=O)c2ccc(C(=O)N3CCC(C4OCCO4)CC3)cc2)CCN1. The molecule has 3 fully saturated rings. The Morgan fingerprint density at radius 2 is 1.69 bits per heavy atom. The fraction of sp³-hybridized carbons (Fsp3) is 0.579. The minimum Gasteiger partial charge on any atom is -0.354 e. The van der Waals surface area contributed by atoms with E-state index in [-0.39, 0.29) is 36.1 Å². The summed E-state index contributed by atoms with van der Waals surface area (Å²) in [5.74, 6) is -0.128. The zero-order chi connectivity index (χ0) is 20.4. The lowest BCUT2D eigenvalue weighted by atomic mass is 9.95. The average Bonchev–Trinajstić information content (AvgIpc) is 3.28. The molecule has 1 N–H and O–H groups in total. The van der Waals surface area contributed by atoms with Crippen molar-refractivity contribution in [2.75, 3.05) is 45.9 Å². The van der Waals surface area contributed by atoms with Crippen LogP contribution in [0.3, 0.4) is 0 Å². The fourth-order valence-electron chi connectivity index (χ4n) is 3.94. The van der Waals surface area contributed by atoms with Crippen molar-refractivity contribution in [2.24, 2.45) is 5.92 Å². The number of carbonyl (C=O) groups excluding carboxylic acids is 2. The molecule has 3 heterocycles. The van der Waals surface area contributed by atoms with Gasteiger partial charge in [0.2, 0.25) is 15.9 Å². The molecule has 0 saturated carbocycles. The van der Waals surface area contributed by atoms with Crippen LogP contribution in [-0.4, -0.2) is 81.7 Å². The van der Waals surface area contributed by atoms with E-state index >= 15 is 0 Å². The Bertz CT molecular complexity index is 858. The van der Waals surface area contributed by atoms with E-state index in [0.717, 1.165) is 17.1 Å². The number of sulfonamides is 1. The van der Waals surface area contributed by atoms with Crippen molar-refractivity contribution in [2.45, 2.75) is 24.0 Å². The van der Waals surface area contributed by atoms with E-state index in [2.05, 4.69) is 5.32 Å². The minimum absolute atomic E-state index is 0.0815. The first-order chi connectivity index (χ1) is 13.9. The van der Waals surface area contributed by atoms with Crippen molar-refractivity contribution in [3.8, 4) is 0 Å². The maximum Gasteiger partial charge on any atom is 0.253 e. The molecule has 3 saturated heterocycles. The number of nitrogens with zero attached hydrogens (tertiary/aromatic N) is 2. The smallest absolute Gasteiger partial charge is 0.253 e. The second-order valence-electron chi connectivity index (χ2n) is 7.45. The molecule has 2 amide bonds. The molecule has 3 aliphatic heterocycles. The van der Waals surface area contributed by atoms with E-state index in [1.54, 1.807) is 4.90 Å². The summed E-state index contributed by atoms with van der Waals surface area (Å²) < 4.78 is 37.7. The molecule has 0 aliphatic carbocycles. The average molecular weight is 423 g/mol. The summed E-state index contributed by atoms with van der Waals surface area (Å²) in [5, 5.41) is 2.61. The number of carbonyl (C=O) groups is 2. The number of rotatable bonds is 4. The maximum absolute atomic E-state index is 12.8. The van der Waals surface area contributed by atoms with Gasteiger partial charge in [0, 0.05) is 37.7 Å².